The molecule has 2 aromatic rings. The molecule has 0 fully saturated rings. The Morgan fingerprint density at radius 1 is 1.41 bits per heavy atom. The van der Waals surface area contributed by atoms with E-state index in [4.69, 9.17) is 4.98 Å². The second-order valence-corrected chi connectivity index (χ2v) is 8.22. The van der Waals surface area contributed by atoms with E-state index in [-0.39, 0.29) is 11.6 Å². The summed E-state index contributed by atoms with van der Waals surface area (Å²) >= 11 is 1.73. The minimum atomic E-state index is 0.0526. The van der Waals surface area contributed by atoms with E-state index in [0.29, 0.717) is 5.92 Å². The Balaban J connectivity index is 1.97. The average Bonchev–Trinajstić information content (AvgIpc) is 2.82. The van der Waals surface area contributed by atoms with Crippen LogP contribution in [0, 0.1) is 11.8 Å². The number of quaternary nitrogens is 1. The lowest BCUT2D eigenvalue weighted by Crippen LogP contribution is -2.86. The van der Waals surface area contributed by atoms with Gasteiger partial charge in [0, 0.05) is 10.8 Å². The molecule has 1 aliphatic carbocycles. The predicted octanol–water partition coefficient (Wildman–Crippen LogP) is 2.39. The monoisotopic (exact) mass is 320 g/mol. The Morgan fingerprint density at radius 3 is 2.91 bits per heavy atom. The molecule has 0 aromatic carbocycles. The maximum Gasteiger partial charge on any atom is 0.260 e. The quantitative estimate of drug-likeness (QED) is 0.908. The number of rotatable bonds is 4. The largest absolute Gasteiger partial charge is 0.338 e. The van der Waals surface area contributed by atoms with E-state index in [1.165, 1.54) is 16.9 Å². The molecule has 120 valence electrons. The van der Waals surface area contributed by atoms with Crippen LogP contribution in [0.2, 0.25) is 0 Å². The van der Waals surface area contributed by atoms with E-state index in [1.54, 1.807) is 11.3 Å². The van der Waals surface area contributed by atoms with Crippen LogP contribution in [0.15, 0.2) is 4.79 Å². The third-order valence-corrected chi connectivity index (χ3v) is 5.72. The molecule has 4 nitrogen and oxygen atoms in total. The number of H-pyrrole nitrogens is 1. The van der Waals surface area contributed by atoms with Crippen molar-refractivity contribution in [2.24, 2.45) is 11.8 Å². The van der Waals surface area contributed by atoms with Gasteiger partial charge < -0.3 is 10.3 Å². The zero-order valence-electron chi connectivity index (χ0n) is 13.9. The van der Waals surface area contributed by atoms with Gasteiger partial charge in [-0.2, -0.15) is 0 Å². The van der Waals surface area contributed by atoms with Gasteiger partial charge in [0.1, 0.15) is 10.9 Å². The number of aromatic amines is 1. The molecule has 22 heavy (non-hydrogen) atoms. The third kappa shape index (κ3) is 2.97. The maximum absolute atomic E-state index is 12.6. The first kappa shape index (κ1) is 15.7. The fourth-order valence-electron chi connectivity index (χ4n) is 3.17. The van der Waals surface area contributed by atoms with Crippen molar-refractivity contribution < 1.29 is 5.32 Å². The van der Waals surface area contributed by atoms with Crippen LogP contribution in [0.5, 0.6) is 0 Å². The summed E-state index contributed by atoms with van der Waals surface area (Å²) in [6.45, 7) is 9.86. The number of aryl methyl sites for hydroxylation is 1. The van der Waals surface area contributed by atoms with Crippen molar-refractivity contribution in [2.75, 3.05) is 6.54 Å². The number of aromatic nitrogens is 2. The van der Waals surface area contributed by atoms with E-state index in [0.717, 1.165) is 41.3 Å². The van der Waals surface area contributed by atoms with Gasteiger partial charge in [-0.1, -0.05) is 20.8 Å². The molecule has 0 bridgehead atoms. The Morgan fingerprint density at radius 2 is 2.18 bits per heavy atom. The number of hydrogen-bond acceptors (Lipinski definition) is 3. The molecule has 0 saturated carbocycles. The van der Waals surface area contributed by atoms with Crippen LogP contribution in [0.1, 0.15) is 56.4 Å². The number of nitrogens with one attached hydrogen (secondary N) is 1. The number of nitrogens with two attached hydrogens (primary N) is 1. The first-order chi connectivity index (χ1) is 10.5. The molecule has 3 N–H and O–H groups in total. The van der Waals surface area contributed by atoms with Crippen molar-refractivity contribution in [3.8, 4) is 0 Å². The van der Waals surface area contributed by atoms with Gasteiger partial charge in [-0.05, 0) is 37.7 Å². The summed E-state index contributed by atoms with van der Waals surface area (Å²) in [7, 11) is 0. The molecule has 2 aromatic heterocycles. The lowest BCUT2D eigenvalue weighted by Gasteiger charge is -2.17. The van der Waals surface area contributed by atoms with E-state index in [1.807, 2.05) is 0 Å². The van der Waals surface area contributed by atoms with Gasteiger partial charge in [-0.15, -0.1) is 11.3 Å². The summed E-state index contributed by atoms with van der Waals surface area (Å²) in [5.74, 6) is 2.16. The maximum atomic E-state index is 12.6. The van der Waals surface area contributed by atoms with Gasteiger partial charge in [0.2, 0.25) is 0 Å². The molecule has 0 amide bonds. The summed E-state index contributed by atoms with van der Waals surface area (Å²) in [4.78, 5) is 22.7. The minimum Gasteiger partial charge on any atom is -0.338 e. The highest BCUT2D eigenvalue weighted by molar-refractivity contribution is 7.18. The lowest BCUT2D eigenvalue weighted by atomic mass is 9.89. The highest BCUT2D eigenvalue weighted by Crippen LogP contribution is 2.35. The Bertz CT molecular complexity index is 731. The minimum absolute atomic E-state index is 0.0526. The summed E-state index contributed by atoms with van der Waals surface area (Å²) in [6.07, 6.45) is 3.30. The molecule has 2 atom stereocenters. The summed E-state index contributed by atoms with van der Waals surface area (Å²) in [6, 6.07) is 0.192. The SMILES string of the molecule is CC(C)C[NH2+][C@H](C)c1nc2sc3c(c2c(=O)[nH]1)CC[C@@H](C)C3. The molecular weight excluding hydrogens is 294 g/mol. The molecular formula is C17H26N3OS+. The summed E-state index contributed by atoms with van der Waals surface area (Å²) < 4.78 is 0. The van der Waals surface area contributed by atoms with E-state index in [9.17, 15) is 4.79 Å². The van der Waals surface area contributed by atoms with Gasteiger partial charge in [0.25, 0.3) is 5.56 Å². The van der Waals surface area contributed by atoms with Crippen molar-refractivity contribution in [3.05, 3.63) is 26.6 Å². The van der Waals surface area contributed by atoms with Gasteiger partial charge in [-0.3, -0.25) is 4.79 Å². The van der Waals surface area contributed by atoms with Gasteiger partial charge in [-0.25, -0.2) is 4.98 Å². The molecule has 0 unspecified atom stereocenters. The highest BCUT2D eigenvalue weighted by atomic mass is 32.1. The summed E-state index contributed by atoms with van der Waals surface area (Å²) in [5, 5.41) is 3.11. The number of hydrogen-bond donors (Lipinski definition) is 2. The van der Waals surface area contributed by atoms with Crippen LogP contribution in [-0.2, 0) is 12.8 Å². The van der Waals surface area contributed by atoms with Crippen LogP contribution in [-0.4, -0.2) is 16.5 Å². The number of nitrogens with zero attached hydrogens (tertiary/aromatic N) is 1. The second kappa shape index (κ2) is 6.13. The zero-order valence-corrected chi connectivity index (χ0v) is 14.7. The molecule has 1 aliphatic rings. The fraction of sp³-hybridized carbons (Fsp3) is 0.647. The van der Waals surface area contributed by atoms with E-state index < -0.39 is 0 Å². The number of thiophene rings is 1. The second-order valence-electron chi connectivity index (χ2n) is 7.14. The third-order valence-electron chi connectivity index (χ3n) is 4.58. The van der Waals surface area contributed by atoms with Crippen LogP contribution in [0.25, 0.3) is 10.2 Å². The standard InChI is InChI=1S/C17H25N3OS/c1-9(2)8-18-11(4)15-19-16(21)14-12-6-5-10(3)7-13(12)22-17(14)20-15/h9-11,18H,5-8H2,1-4H3,(H,19,20,21)/p+1/t10-,11-/m1/s1. The van der Waals surface area contributed by atoms with E-state index in [2.05, 4.69) is 38.0 Å². The molecule has 0 spiro atoms. The molecule has 2 heterocycles. The normalized spacial score (nSPS) is 19.6. The first-order valence-corrected chi connectivity index (χ1v) is 9.15. The van der Waals surface area contributed by atoms with Crippen LogP contribution in [0.3, 0.4) is 0 Å². The van der Waals surface area contributed by atoms with Crippen molar-refractivity contribution in [2.45, 2.75) is 53.0 Å². The first-order valence-electron chi connectivity index (χ1n) is 8.33. The van der Waals surface area contributed by atoms with Crippen LogP contribution >= 0.6 is 11.3 Å². The summed E-state index contributed by atoms with van der Waals surface area (Å²) in [5.41, 5.74) is 1.31. The fourth-order valence-corrected chi connectivity index (χ4v) is 4.56. The highest BCUT2D eigenvalue weighted by Gasteiger charge is 2.24. The topological polar surface area (TPSA) is 62.4 Å². The van der Waals surface area contributed by atoms with E-state index >= 15 is 0 Å². The Hall–Kier alpha value is -1.20. The van der Waals surface area contributed by atoms with Crippen molar-refractivity contribution in [1.29, 1.82) is 0 Å². The van der Waals surface area contributed by atoms with Crippen LogP contribution in [0.4, 0.5) is 0 Å². The van der Waals surface area contributed by atoms with Crippen molar-refractivity contribution in [1.82, 2.24) is 9.97 Å². The van der Waals surface area contributed by atoms with Crippen molar-refractivity contribution in [3.63, 3.8) is 0 Å². The van der Waals surface area contributed by atoms with Crippen molar-refractivity contribution >= 4 is 21.6 Å². The Labute approximate surface area is 135 Å². The molecule has 5 heteroatoms. The van der Waals surface area contributed by atoms with Crippen LogP contribution < -0.4 is 10.9 Å². The lowest BCUT2D eigenvalue weighted by molar-refractivity contribution is -0.698. The van der Waals surface area contributed by atoms with Gasteiger partial charge in [0.05, 0.1) is 11.9 Å². The zero-order chi connectivity index (χ0) is 15.9. The number of fused-ring (bicyclic) bond motifs is 3. The molecule has 3 rings (SSSR count). The van der Waals surface area contributed by atoms with Gasteiger partial charge >= 0.3 is 0 Å². The predicted molar refractivity (Wildman–Crippen MR) is 91.5 cm³/mol. The smallest absolute Gasteiger partial charge is 0.260 e. The molecule has 0 aliphatic heterocycles. The Kier molecular flexibility index (Phi) is 4.37. The average molecular weight is 320 g/mol. The molecule has 0 saturated heterocycles. The molecule has 0 radical (unpaired) electrons. The van der Waals surface area contributed by atoms with Gasteiger partial charge in [0.15, 0.2) is 5.82 Å².